The second-order valence-electron chi connectivity index (χ2n) is 3.67. The fraction of sp³-hybridized carbons (Fsp3) is 0.333. The number of nitrogens with one attached hydrogen (secondary N) is 1. The second kappa shape index (κ2) is 4.86. The van der Waals surface area contributed by atoms with E-state index in [1.54, 1.807) is 6.26 Å². The Morgan fingerprint density at radius 2 is 2.18 bits per heavy atom. The summed E-state index contributed by atoms with van der Waals surface area (Å²) in [6, 6.07) is 3.69. The highest BCUT2D eigenvalue weighted by Gasteiger charge is 2.09. The molecule has 5 heteroatoms. The number of aryl methyl sites for hydroxylation is 1. The molecule has 0 aliphatic carbocycles. The summed E-state index contributed by atoms with van der Waals surface area (Å²) in [7, 11) is 1.82. The van der Waals surface area contributed by atoms with Gasteiger partial charge < -0.3 is 14.5 Å². The van der Waals surface area contributed by atoms with Crippen molar-refractivity contribution in [1.82, 2.24) is 9.97 Å². The first-order valence-electron chi connectivity index (χ1n) is 5.39. The maximum atomic E-state index is 5.62. The van der Waals surface area contributed by atoms with Gasteiger partial charge in [-0.2, -0.15) is 4.98 Å². The van der Waals surface area contributed by atoms with Crippen molar-refractivity contribution in [2.75, 3.05) is 12.4 Å². The maximum absolute atomic E-state index is 5.62. The van der Waals surface area contributed by atoms with Crippen molar-refractivity contribution < 1.29 is 9.15 Å². The van der Waals surface area contributed by atoms with Crippen LogP contribution in [-0.4, -0.2) is 17.0 Å². The van der Waals surface area contributed by atoms with E-state index in [4.69, 9.17) is 9.15 Å². The van der Waals surface area contributed by atoms with Gasteiger partial charge in [0.25, 0.3) is 0 Å². The van der Waals surface area contributed by atoms with Crippen molar-refractivity contribution in [2.24, 2.45) is 0 Å². The summed E-state index contributed by atoms with van der Waals surface area (Å²) in [5.41, 5.74) is 0.893. The summed E-state index contributed by atoms with van der Waals surface area (Å²) in [4.78, 5) is 8.54. The highest BCUT2D eigenvalue weighted by atomic mass is 16.5. The van der Waals surface area contributed by atoms with Crippen molar-refractivity contribution in [2.45, 2.75) is 20.5 Å². The summed E-state index contributed by atoms with van der Waals surface area (Å²) < 4.78 is 10.8. The zero-order valence-corrected chi connectivity index (χ0v) is 10.2. The average Bonchev–Trinajstić information content (AvgIpc) is 2.82. The SMILES string of the molecule is CNc1nc(C)nc(OCc2ccco2)c1C. The van der Waals surface area contributed by atoms with Crippen molar-refractivity contribution in [3.63, 3.8) is 0 Å². The zero-order valence-electron chi connectivity index (χ0n) is 10.2. The average molecular weight is 233 g/mol. The van der Waals surface area contributed by atoms with Crippen molar-refractivity contribution in [3.8, 4) is 5.88 Å². The van der Waals surface area contributed by atoms with Gasteiger partial charge in [-0.05, 0) is 26.0 Å². The summed E-state index contributed by atoms with van der Waals surface area (Å²) in [6.07, 6.45) is 1.62. The molecule has 1 N–H and O–H groups in total. The van der Waals surface area contributed by atoms with E-state index >= 15 is 0 Å². The van der Waals surface area contributed by atoms with Gasteiger partial charge in [-0.25, -0.2) is 4.98 Å². The van der Waals surface area contributed by atoms with Gasteiger partial charge in [0.15, 0.2) is 0 Å². The van der Waals surface area contributed by atoms with Crippen molar-refractivity contribution >= 4 is 5.82 Å². The lowest BCUT2D eigenvalue weighted by molar-refractivity contribution is 0.258. The van der Waals surface area contributed by atoms with Crippen LogP contribution in [0.4, 0.5) is 5.82 Å². The summed E-state index contributed by atoms with van der Waals surface area (Å²) in [6.45, 7) is 4.12. The van der Waals surface area contributed by atoms with Gasteiger partial charge in [-0.3, -0.25) is 0 Å². The molecule has 0 bridgehead atoms. The minimum Gasteiger partial charge on any atom is -0.469 e. The molecular weight excluding hydrogens is 218 g/mol. The van der Waals surface area contributed by atoms with Crippen LogP contribution in [0.25, 0.3) is 0 Å². The van der Waals surface area contributed by atoms with Crippen LogP contribution >= 0.6 is 0 Å². The van der Waals surface area contributed by atoms with Gasteiger partial charge in [0.05, 0.1) is 11.8 Å². The lowest BCUT2D eigenvalue weighted by Gasteiger charge is -2.10. The molecule has 90 valence electrons. The van der Waals surface area contributed by atoms with Gasteiger partial charge >= 0.3 is 0 Å². The Morgan fingerprint density at radius 1 is 1.35 bits per heavy atom. The van der Waals surface area contributed by atoms with E-state index in [2.05, 4.69) is 15.3 Å². The van der Waals surface area contributed by atoms with E-state index in [1.165, 1.54) is 0 Å². The topological polar surface area (TPSA) is 60.2 Å². The molecule has 0 atom stereocenters. The van der Waals surface area contributed by atoms with E-state index in [1.807, 2.05) is 33.0 Å². The van der Waals surface area contributed by atoms with Crippen LogP contribution in [0.1, 0.15) is 17.1 Å². The van der Waals surface area contributed by atoms with Crippen molar-refractivity contribution in [1.29, 1.82) is 0 Å². The van der Waals surface area contributed by atoms with E-state index in [0.717, 1.165) is 17.1 Å². The lowest BCUT2D eigenvalue weighted by atomic mass is 10.3. The van der Waals surface area contributed by atoms with Crippen LogP contribution < -0.4 is 10.1 Å². The first kappa shape index (κ1) is 11.4. The Bertz CT molecular complexity index is 495. The first-order valence-corrected chi connectivity index (χ1v) is 5.39. The van der Waals surface area contributed by atoms with E-state index in [-0.39, 0.29) is 0 Å². The number of anilines is 1. The zero-order chi connectivity index (χ0) is 12.3. The Morgan fingerprint density at radius 3 is 2.82 bits per heavy atom. The highest BCUT2D eigenvalue weighted by Crippen LogP contribution is 2.22. The predicted molar refractivity (Wildman–Crippen MR) is 64.1 cm³/mol. The number of hydrogen-bond donors (Lipinski definition) is 1. The van der Waals surface area contributed by atoms with Gasteiger partial charge in [0, 0.05) is 7.05 Å². The van der Waals surface area contributed by atoms with Crippen LogP contribution in [0.3, 0.4) is 0 Å². The van der Waals surface area contributed by atoms with Crippen LogP contribution in [0, 0.1) is 13.8 Å². The summed E-state index contributed by atoms with van der Waals surface area (Å²) in [5.74, 6) is 2.81. The molecule has 0 unspecified atom stereocenters. The van der Waals surface area contributed by atoms with Gasteiger partial charge in [0.2, 0.25) is 5.88 Å². The second-order valence-corrected chi connectivity index (χ2v) is 3.67. The molecule has 0 aromatic carbocycles. The number of nitrogens with zero attached hydrogens (tertiary/aromatic N) is 2. The molecule has 2 aromatic heterocycles. The number of furan rings is 1. The summed E-state index contributed by atoms with van der Waals surface area (Å²) >= 11 is 0. The molecule has 0 aliphatic heterocycles. The van der Waals surface area contributed by atoms with Crippen LogP contribution in [0.5, 0.6) is 5.88 Å². The third-order valence-corrected chi connectivity index (χ3v) is 2.38. The Hall–Kier alpha value is -2.04. The number of aromatic nitrogens is 2. The molecule has 0 saturated carbocycles. The third kappa shape index (κ3) is 2.55. The molecule has 5 nitrogen and oxygen atoms in total. The quantitative estimate of drug-likeness (QED) is 0.878. The minimum absolute atomic E-state index is 0.368. The van der Waals surface area contributed by atoms with E-state index in [9.17, 15) is 0 Å². The minimum atomic E-state index is 0.368. The van der Waals surface area contributed by atoms with Gasteiger partial charge in [-0.15, -0.1) is 0 Å². The molecule has 0 aliphatic rings. The van der Waals surface area contributed by atoms with E-state index < -0.39 is 0 Å². The van der Waals surface area contributed by atoms with E-state index in [0.29, 0.717) is 18.3 Å². The molecule has 0 saturated heterocycles. The number of hydrogen-bond acceptors (Lipinski definition) is 5. The number of ether oxygens (including phenoxy) is 1. The van der Waals surface area contributed by atoms with Gasteiger partial charge in [0.1, 0.15) is 24.0 Å². The fourth-order valence-electron chi connectivity index (χ4n) is 1.52. The largest absolute Gasteiger partial charge is 0.469 e. The Kier molecular flexibility index (Phi) is 3.27. The van der Waals surface area contributed by atoms with Crippen LogP contribution in [0.15, 0.2) is 22.8 Å². The molecular formula is C12H15N3O2. The van der Waals surface area contributed by atoms with Crippen LogP contribution in [-0.2, 0) is 6.61 Å². The highest BCUT2D eigenvalue weighted by molar-refractivity contribution is 5.47. The van der Waals surface area contributed by atoms with Crippen LogP contribution in [0.2, 0.25) is 0 Å². The first-order chi connectivity index (χ1) is 8.20. The molecule has 2 rings (SSSR count). The monoisotopic (exact) mass is 233 g/mol. The smallest absolute Gasteiger partial charge is 0.222 e. The maximum Gasteiger partial charge on any atom is 0.222 e. The van der Waals surface area contributed by atoms with Gasteiger partial charge in [-0.1, -0.05) is 0 Å². The third-order valence-electron chi connectivity index (χ3n) is 2.38. The standard InChI is InChI=1S/C12H15N3O2/c1-8-11(13-3)14-9(2)15-12(8)17-7-10-5-4-6-16-10/h4-6H,7H2,1-3H3,(H,13,14,15). The van der Waals surface area contributed by atoms with Crippen molar-refractivity contribution in [3.05, 3.63) is 35.5 Å². The number of rotatable bonds is 4. The Labute approximate surface area is 99.8 Å². The molecule has 0 fully saturated rings. The summed E-state index contributed by atoms with van der Waals surface area (Å²) in [5, 5.41) is 3.02. The molecule has 17 heavy (non-hydrogen) atoms. The fourth-order valence-corrected chi connectivity index (χ4v) is 1.52. The molecule has 2 aromatic rings. The normalized spacial score (nSPS) is 10.3. The molecule has 0 amide bonds. The molecule has 0 radical (unpaired) electrons. The predicted octanol–water partition coefficient (Wildman–Crippen LogP) is 2.31. The molecule has 2 heterocycles. The lowest BCUT2D eigenvalue weighted by Crippen LogP contribution is -2.05. The molecule has 0 spiro atoms. The Balaban J connectivity index is 2.17.